The Hall–Kier alpha value is -1.32. The summed E-state index contributed by atoms with van der Waals surface area (Å²) >= 11 is 0. The number of carbonyl (C=O) groups is 2. The Morgan fingerprint density at radius 3 is 2.16 bits per heavy atom. The SMILES string of the molecule is CC(C)=C[C@@H]1C(C)(C)[C@]1(C(=O)O)[C@]1(C(N)=O)C[C@H](C)CC[C@H]1C(C)C. The average Bonchev–Trinajstić information content (AvgIpc) is 2.94. The summed E-state index contributed by atoms with van der Waals surface area (Å²) in [5, 5.41) is 10.4. The third-order valence-electron chi connectivity index (χ3n) is 7.24. The van der Waals surface area contributed by atoms with Crippen LogP contribution in [-0.4, -0.2) is 17.0 Å². The van der Waals surface area contributed by atoms with Crippen molar-refractivity contribution in [2.24, 2.45) is 45.7 Å². The van der Waals surface area contributed by atoms with Crippen molar-refractivity contribution >= 4 is 11.9 Å². The fourth-order valence-corrected chi connectivity index (χ4v) is 6.27. The van der Waals surface area contributed by atoms with Crippen LogP contribution in [0.4, 0.5) is 0 Å². The first-order valence-electron chi connectivity index (χ1n) is 9.55. The van der Waals surface area contributed by atoms with E-state index in [0.29, 0.717) is 12.3 Å². The highest BCUT2D eigenvalue weighted by atomic mass is 16.4. The number of carboxylic acid groups (broad SMARTS) is 1. The van der Waals surface area contributed by atoms with E-state index >= 15 is 0 Å². The molecule has 25 heavy (non-hydrogen) atoms. The Bertz CT molecular complexity index is 602. The van der Waals surface area contributed by atoms with Gasteiger partial charge in [-0.2, -0.15) is 0 Å². The molecule has 142 valence electrons. The van der Waals surface area contributed by atoms with Crippen LogP contribution in [-0.2, 0) is 9.59 Å². The van der Waals surface area contributed by atoms with E-state index in [0.717, 1.165) is 18.4 Å². The van der Waals surface area contributed by atoms with Crippen LogP contribution >= 0.6 is 0 Å². The summed E-state index contributed by atoms with van der Waals surface area (Å²) in [6.45, 7) is 14.3. The predicted octanol–water partition coefficient (Wildman–Crippen LogP) is 4.24. The van der Waals surface area contributed by atoms with Crippen molar-refractivity contribution in [2.45, 2.75) is 67.7 Å². The number of allylic oxidation sites excluding steroid dienone is 2. The van der Waals surface area contributed by atoms with E-state index in [9.17, 15) is 14.7 Å². The topological polar surface area (TPSA) is 80.4 Å². The van der Waals surface area contributed by atoms with Crippen molar-refractivity contribution in [1.29, 1.82) is 0 Å². The van der Waals surface area contributed by atoms with Gasteiger partial charge in [0.1, 0.15) is 0 Å². The second-order valence-electron chi connectivity index (χ2n) is 9.63. The molecule has 2 fully saturated rings. The van der Waals surface area contributed by atoms with Gasteiger partial charge < -0.3 is 10.8 Å². The zero-order valence-electron chi connectivity index (χ0n) is 16.8. The zero-order chi connectivity index (χ0) is 19.4. The van der Waals surface area contributed by atoms with Gasteiger partial charge in [0.25, 0.3) is 0 Å². The highest BCUT2D eigenvalue weighted by Gasteiger charge is 2.85. The van der Waals surface area contributed by atoms with Crippen LogP contribution in [0.2, 0.25) is 0 Å². The van der Waals surface area contributed by atoms with Gasteiger partial charge in [-0.15, -0.1) is 0 Å². The lowest BCUT2D eigenvalue weighted by Crippen LogP contribution is -2.58. The number of aliphatic carboxylic acids is 1. The molecule has 0 spiro atoms. The van der Waals surface area contributed by atoms with E-state index in [1.54, 1.807) is 0 Å². The van der Waals surface area contributed by atoms with Crippen molar-refractivity contribution in [1.82, 2.24) is 0 Å². The molecule has 0 bridgehead atoms. The molecule has 5 atom stereocenters. The van der Waals surface area contributed by atoms with E-state index in [1.165, 1.54) is 0 Å². The number of nitrogens with two attached hydrogens (primary N) is 1. The summed E-state index contributed by atoms with van der Waals surface area (Å²) in [6, 6.07) is 0. The van der Waals surface area contributed by atoms with E-state index < -0.39 is 28.1 Å². The van der Waals surface area contributed by atoms with Crippen molar-refractivity contribution in [3.63, 3.8) is 0 Å². The molecule has 2 aliphatic rings. The fraction of sp³-hybridized carbons (Fsp3) is 0.810. The largest absolute Gasteiger partial charge is 0.481 e. The summed E-state index contributed by atoms with van der Waals surface area (Å²) in [5.41, 5.74) is 4.53. The monoisotopic (exact) mass is 349 g/mol. The molecule has 4 nitrogen and oxygen atoms in total. The number of hydrogen-bond donors (Lipinski definition) is 2. The van der Waals surface area contributed by atoms with Gasteiger partial charge in [-0.25, -0.2) is 0 Å². The molecule has 2 rings (SSSR count). The molecule has 0 saturated heterocycles. The van der Waals surface area contributed by atoms with Crippen LogP contribution in [0, 0.1) is 39.9 Å². The molecule has 0 radical (unpaired) electrons. The van der Waals surface area contributed by atoms with Gasteiger partial charge in [0.2, 0.25) is 5.91 Å². The maximum Gasteiger partial charge on any atom is 0.311 e. The minimum atomic E-state index is -1.12. The molecule has 4 heteroatoms. The minimum Gasteiger partial charge on any atom is -0.481 e. The summed E-state index contributed by atoms with van der Waals surface area (Å²) < 4.78 is 0. The molecule has 1 amide bonds. The third-order valence-corrected chi connectivity index (χ3v) is 7.24. The Morgan fingerprint density at radius 1 is 1.20 bits per heavy atom. The lowest BCUT2D eigenvalue weighted by atomic mass is 9.51. The second kappa shape index (κ2) is 6.14. The van der Waals surface area contributed by atoms with E-state index in [1.807, 2.05) is 27.7 Å². The van der Waals surface area contributed by atoms with Gasteiger partial charge in [0.15, 0.2) is 0 Å². The number of hydrogen-bond acceptors (Lipinski definition) is 2. The van der Waals surface area contributed by atoms with Crippen molar-refractivity contribution in [3.8, 4) is 0 Å². The van der Waals surface area contributed by atoms with Gasteiger partial charge in [-0.1, -0.05) is 52.7 Å². The Morgan fingerprint density at radius 2 is 1.76 bits per heavy atom. The fourth-order valence-electron chi connectivity index (χ4n) is 6.27. The highest BCUT2D eigenvalue weighted by molar-refractivity contribution is 5.94. The summed E-state index contributed by atoms with van der Waals surface area (Å²) in [4.78, 5) is 25.7. The molecule has 0 aromatic rings. The van der Waals surface area contributed by atoms with Crippen LogP contribution in [0.3, 0.4) is 0 Å². The maximum absolute atomic E-state index is 13.0. The first kappa shape index (κ1) is 20.0. The molecular formula is C21H35NO3. The van der Waals surface area contributed by atoms with E-state index in [4.69, 9.17) is 5.73 Å². The van der Waals surface area contributed by atoms with E-state index in [2.05, 4.69) is 26.8 Å². The van der Waals surface area contributed by atoms with Crippen LogP contribution in [0.25, 0.3) is 0 Å². The molecule has 0 aromatic carbocycles. The van der Waals surface area contributed by atoms with Gasteiger partial charge in [-0.05, 0) is 49.9 Å². The van der Waals surface area contributed by atoms with Gasteiger partial charge in [0, 0.05) is 5.92 Å². The Labute approximate surface area is 152 Å². The van der Waals surface area contributed by atoms with Crippen LogP contribution < -0.4 is 5.73 Å². The maximum atomic E-state index is 13.0. The van der Waals surface area contributed by atoms with Crippen molar-refractivity contribution in [2.75, 3.05) is 0 Å². The predicted molar refractivity (Wildman–Crippen MR) is 99.7 cm³/mol. The lowest BCUT2D eigenvalue weighted by Gasteiger charge is -2.51. The van der Waals surface area contributed by atoms with Gasteiger partial charge >= 0.3 is 5.97 Å². The number of carbonyl (C=O) groups excluding carboxylic acids is 1. The molecule has 0 heterocycles. The Kier molecular flexibility index (Phi) is 4.91. The highest BCUT2D eigenvalue weighted by Crippen LogP contribution is 2.80. The second-order valence-corrected chi connectivity index (χ2v) is 9.63. The number of amides is 1. The Balaban J connectivity index is 2.77. The molecular weight excluding hydrogens is 314 g/mol. The summed E-state index contributed by atoms with van der Waals surface area (Å²) in [7, 11) is 0. The molecule has 0 aromatic heterocycles. The van der Waals surface area contributed by atoms with Crippen LogP contribution in [0.1, 0.15) is 67.7 Å². The zero-order valence-corrected chi connectivity index (χ0v) is 16.8. The molecule has 0 aliphatic heterocycles. The molecule has 3 N–H and O–H groups in total. The summed E-state index contributed by atoms with van der Waals surface area (Å²) in [6.07, 6.45) is 4.53. The number of rotatable bonds is 5. The summed E-state index contributed by atoms with van der Waals surface area (Å²) in [5.74, 6) is -0.910. The molecule has 2 saturated carbocycles. The smallest absolute Gasteiger partial charge is 0.311 e. The first-order valence-corrected chi connectivity index (χ1v) is 9.55. The third kappa shape index (κ3) is 2.47. The van der Waals surface area contributed by atoms with Crippen LogP contribution in [0.5, 0.6) is 0 Å². The van der Waals surface area contributed by atoms with Crippen molar-refractivity contribution < 1.29 is 14.7 Å². The van der Waals surface area contributed by atoms with Crippen LogP contribution in [0.15, 0.2) is 11.6 Å². The first-order chi connectivity index (χ1) is 11.4. The lowest BCUT2D eigenvalue weighted by molar-refractivity contribution is -0.169. The standard InChI is InChI=1S/C21H35NO3/c1-12(2)10-16-19(6,7)21(16,18(24)25)20(17(22)23)11-14(5)8-9-15(20)13(3)4/h10,13-16H,8-9,11H2,1-7H3,(H2,22,23)(H,24,25)/t14-,15+,16-,20-,21+/m1/s1. The normalized spacial score (nSPS) is 39.8. The molecule has 2 aliphatic carbocycles. The number of carboxylic acids is 1. The molecule has 0 unspecified atom stereocenters. The average molecular weight is 350 g/mol. The van der Waals surface area contributed by atoms with E-state index in [-0.39, 0.29) is 17.8 Å². The number of primary amides is 1. The van der Waals surface area contributed by atoms with Crippen molar-refractivity contribution in [3.05, 3.63) is 11.6 Å². The van der Waals surface area contributed by atoms with Gasteiger partial charge in [-0.3, -0.25) is 9.59 Å². The van der Waals surface area contributed by atoms with Gasteiger partial charge in [0.05, 0.1) is 10.8 Å². The quantitative estimate of drug-likeness (QED) is 0.728. The minimum absolute atomic E-state index is 0.00661.